The van der Waals surface area contributed by atoms with Crippen LogP contribution in [0.2, 0.25) is 0 Å². The predicted molar refractivity (Wildman–Crippen MR) is 102 cm³/mol. The number of hydrogen-bond acceptors (Lipinski definition) is 2. The van der Waals surface area contributed by atoms with Crippen molar-refractivity contribution in [3.8, 4) is 16.9 Å². The predicted octanol–water partition coefficient (Wildman–Crippen LogP) is 5.85. The van der Waals surface area contributed by atoms with E-state index in [0.717, 1.165) is 27.4 Å². The molecule has 1 aromatic heterocycles. The summed E-state index contributed by atoms with van der Waals surface area (Å²) in [5, 5.41) is 4.63. The van der Waals surface area contributed by atoms with Gasteiger partial charge in [0.25, 0.3) is 0 Å². The molecule has 7 heteroatoms. The molecule has 0 spiro atoms. The number of ether oxygens (including phenoxy) is 1. The highest BCUT2D eigenvalue weighted by molar-refractivity contribution is 6.09. The maximum absolute atomic E-state index is 12.5. The van der Waals surface area contributed by atoms with Crippen LogP contribution in [0, 0.1) is 0 Å². The number of H-pyrrole nitrogens is 1. The molecule has 0 atom stereocenters. The van der Waals surface area contributed by atoms with Crippen molar-refractivity contribution in [2.24, 2.45) is 0 Å². The molecule has 4 nitrogen and oxygen atoms in total. The Labute approximate surface area is 157 Å². The minimum absolute atomic E-state index is 0.154. The van der Waals surface area contributed by atoms with E-state index in [0.29, 0.717) is 11.3 Å². The lowest BCUT2D eigenvalue weighted by Gasteiger charge is -2.10. The van der Waals surface area contributed by atoms with Gasteiger partial charge in [0.1, 0.15) is 5.75 Å². The Morgan fingerprint density at radius 3 is 2.46 bits per heavy atom. The summed E-state index contributed by atoms with van der Waals surface area (Å²) in [7, 11) is 0. The van der Waals surface area contributed by atoms with Gasteiger partial charge < -0.3 is 15.0 Å². The first-order chi connectivity index (χ1) is 13.3. The number of benzene rings is 3. The van der Waals surface area contributed by atoms with Crippen LogP contribution in [0.25, 0.3) is 32.9 Å². The summed E-state index contributed by atoms with van der Waals surface area (Å²) < 4.78 is 41.4. The molecule has 4 aromatic rings. The monoisotopic (exact) mass is 384 g/mol. The number of rotatable bonds is 3. The Morgan fingerprint density at radius 2 is 1.71 bits per heavy atom. The number of carbonyl (C=O) groups excluding carboxylic acids is 1. The number of aromatic nitrogens is 1. The van der Waals surface area contributed by atoms with Gasteiger partial charge in [-0.1, -0.05) is 24.3 Å². The molecule has 0 unspecified atom stereocenters. The first-order valence-corrected chi connectivity index (χ1v) is 8.48. The van der Waals surface area contributed by atoms with E-state index in [9.17, 15) is 18.0 Å². The highest BCUT2D eigenvalue weighted by Gasteiger charge is 2.31. The molecule has 0 saturated heterocycles. The molecule has 4 rings (SSSR count). The molecule has 1 heterocycles. The molecule has 0 fully saturated rings. The molecule has 0 bridgehead atoms. The van der Waals surface area contributed by atoms with Gasteiger partial charge in [-0.3, -0.25) is 4.79 Å². The molecule has 2 N–H and O–H groups in total. The number of aromatic amines is 1. The Kier molecular flexibility index (Phi) is 4.22. The van der Waals surface area contributed by atoms with Gasteiger partial charge in [-0.2, -0.15) is 0 Å². The maximum Gasteiger partial charge on any atom is 0.573 e. The van der Waals surface area contributed by atoms with Crippen molar-refractivity contribution in [2.45, 2.75) is 13.3 Å². The van der Waals surface area contributed by atoms with E-state index in [1.165, 1.54) is 25.1 Å². The van der Waals surface area contributed by atoms with E-state index in [4.69, 9.17) is 0 Å². The van der Waals surface area contributed by atoms with Crippen molar-refractivity contribution in [3.05, 3.63) is 60.7 Å². The van der Waals surface area contributed by atoms with E-state index in [-0.39, 0.29) is 11.7 Å². The van der Waals surface area contributed by atoms with E-state index >= 15 is 0 Å². The Balaban J connectivity index is 1.76. The lowest BCUT2D eigenvalue weighted by atomic mass is 10.0. The number of anilines is 1. The van der Waals surface area contributed by atoms with Crippen molar-refractivity contribution in [1.82, 2.24) is 4.98 Å². The largest absolute Gasteiger partial charge is 0.573 e. The molecule has 0 aliphatic carbocycles. The van der Waals surface area contributed by atoms with Crippen molar-refractivity contribution < 1.29 is 22.7 Å². The SMILES string of the molecule is CC(=O)Nc1ccc2c(c1)[nH]c1ccc(-c3cccc(OC(F)(F)F)c3)cc12. The van der Waals surface area contributed by atoms with Crippen LogP contribution in [0.5, 0.6) is 5.75 Å². The summed E-state index contributed by atoms with van der Waals surface area (Å²) in [6.45, 7) is 1.44. The zero-order chi connectivity index (χ0) is 19.9. The van der Waals surface area contributed by atoms with Gasteiger partial charge in [0, 0.05) is 34.4 Å². The van der Waals surface area contributed by atoms with Crippen LogP contribution in [0.3, 0.4) is 0 Å². The van der Waals surface area contributed by atoms with Crippen LogP contribution in [0.4, 0.5) is 18.9 Å². The van der Waals surface area contributed by atoms with Gasteiger partial charge >= 0.3 is 6.36 Å². The molecule has 0 saturated carbocycles. The second-order valence-corrected chi connectivity index (χ2v) is 6.40. The van der Waals surface area contributed by atoms with Crippen LogP contribution < -0.4 is 10.1 Å². The Hall–Kier alpha value is -3.48. The van der Waals surface area contributed by atoms with Gasteiger partial charge in [-0.15, -0.1) is 13.2 Å². The van der Waals surface area contributed by atoms with Crippen LogP contribution in [0.15, 0.2) is 60.7 Å². The lowest BCUT2D eigenvalue weighted by Crippen LogP contribution is -2.17. The minimum Gasteiger partial charge on any atom is -0.406 e. The molecular weight excluding hydrogens is 369 g/mol. The van der Waals surface area contributed by atoms with Crippen LogP contribution in [-0.2, 0) is 4.79 Å². The Bertz CT molecular complexity index is 1200. The highest BCUT2D eigenvalue weighted by atomic mass is 19.4. The second-order valence-electron chi connectivity index (χ2n) is 6.40. The number of nitrogens with one attached hydrogen (secondary N) is 2. The van der Waals surface area contributed by atoms with Crippen molar-refractivity contribution in [3.63, 3.8) is 0 Å². The quantitative estimate of drug-likeness (QED) is 0.466. The molecular formula is C21H15F3N2O2. The maximum atomic E-state index is 12.5. The number of halogens is 3. The van der Waals surface area contributed by atoms with Gasteiger partial charge in [0.05, 0.1) is 0 Å². The minimum atomic E-state index is -4.73. The fourth-order valence-corrected chi connectivity index (χ4v) is 3.24. The van der Waals surface area contributed by atoms with Gasteiger partial charge in [-0.25, -0.2) is 0 Å². The molecule has 0 aliphatic rings. The van der Waals surface area contributed by atoms with Crippen molar-refractivity contribution in [2.75, 3.05) is 5.32 Å². The molecule has 3 aromatic carbocycles. The highest BCUT2D eigenvalue weighted by Crippen LogP contribution is 2.33. The third-order valence-electron chi connectivity index (χ3n) is 4.32. The summed E-state index contributed by atoms with van der Waals surface area (Å²) in [5.74, 6) is -0.414. The average Bonchev–Trinajstić information content (AvgIpc) is 2.96. The van der Waals surface area contributed by atoms with Gasteiger partial charge in [0.15, 0.2) is 0 Å². The third-order valence-corrected chi connectivity index (χ3v) is 4.32. The number of carbonyl (C=O) groups is 1. The molecule has 0 aliphatic heterocycles. The molecule has 0 radical (unpaired) electrons. The van der Waals surface area contributed by atoms with Crippen LogP contribution in [-0.4, -0.2) is 17.3 Å². The van der Waals surface area contributed by atoms with E-state index in [1.807, 2.05) is 36.4 Å². The van der Waals surface area contributed by atoms with Crippen molar-refractivity contribution >= 4 is 33.4 Å². The standard InChI is InChI=1S/C21H15F3N2O2/c1-12(27)25-15-6-7-17-18-10-14(5-8-19(18)26-20(17)11-15)13-3-2-4-16(9-13)28-21(22,23)24/h2-11,26H,1H3,(H,25,27). The summed E-state index contributed by atoms with van der Waals surface area (Å²) in [6.07, 6.45) is -4.73. The van der Waals surface area contributed by atoms with E-state index in [1.54, 1.807) is 6.07 Å². The van der Waals surface area contributed by atoms with Gasteiger partial charge in [-0.05, 0) is 47.5 Å². The fourth-order valence-electron chi connectivity index (χ4n) is 3.24. The molecule has 1 amide bonds. The van der Waals surface area contributed by atoms with Gasteiger partial charge in [0.2, 0.25) is 5.91 Å². The number of amides is 1. The summed E-state index contributed by atoms with van der Waals surface area (Å²) in [5.41, 5.74) is 3.82. The fraction of sp³-hybridized carbons (Fsp3) is 0.0952. The smallest absolute Gasteiger partial charge is 0.406 e. The number of fused-ring (bicyclic) bond motifs is 3. The number of hydrogen-bond donors (Lipinski definition) is 2. The Morgan fingerprint density at radius 1 is 0.929 bits per heavy atom. The zero-order valence-corrected chi connectivity index (χ0v) is 14.7. The number of alkyl halides is 3. The zero-order valence-electron chi connectivity index (χ0n) is 14.7. The normalized spacial score (nSPS) is 11.7. The summed E-state index contributed by atoms with van der Waals surface area (Å²) >= 11 is 0. The van der Waals surface area contributed by atoms with Crippen LogP contribution in [0.1, 0.15) is 6.92 Å². The molecule has 28 heavy (non-hydrogen) atoms. The third kappa shape index (κ3) is 3.64. The topological polar surface area (TPSA) is 54.1 Å². The summed E-state index contributed by atoms with van der Waals surface area (Å²) in [6, 6.07) is 17.0. The summed E-state index contributed by atoms with van der Waals surface area (Å²) in [4.78, 5) is 14.5. The molecule has 142 valence electrons. The van der Waals surface area contributed by atoms with Crippen LogP contribution >= 0.6 is 0 Å². The first kappa shape index (κ1) is 17.9. The first-order valence-electron chi connectivity index (χ1n) is 8.48. The average molecular weight is 384 g/mol. The van der Waals surface area contributed by atoms with Crippen molar-refractivity contribution in [1.29, 1.82) is 0 Å². The van der Waals surface area contributed by atoms with E-state index < -0.39 is 6.36 Å². The lowest BCUT2D eigenvalue weighted by molar-refractivity contribution is -0.274. The second kappa shape index (κ2) is 6.60. The van der Waals surface area contributed by atoms with E-state index in [2.05, 4.69) is 15.0 Å².